The van der Waals surface area contributed by atoms with Crippen LogP contribution in [-0.2, 0) is 4.79 Å². The molecule has 1 aromatic carbocycles. The van der Waals surface area contributed by atoms with Crippen LogP contribution >= 0.6 is 11.8 Å². The molecule has 1 fully saturated rings. The highest BCUT2D eigenvalue weighted by Gasteiger charge is 2.34. The summed E-state index contributed by atoms with van der Waals surface area (Å²) < 4.78 is 10.7. The molecule has 0 atom stereocenters. The van der Waals surface area contributed by atoms with Crippen molar-refractivity contribution < 1.29 is 19.1 Å². The largest absolute Gasteiger partial charge is 0.496 e. The lowest BCUT2D eigenvalue weighted by Gasteiger charge is -2.12. The van der Waals surface area contributed by atoms with Crippen LogP contribution < -0.4 is 9.47 Å². The van der Waals surface area contributed by atoms with Crippen LogP contribution in [0.15, 0.2) is 29.7 Å². The number of thioether (sulfide) groups is 1. The first kappa shape index (κ1) is 16.2. The molecular formula is C16H17NO4S. The van der Waals surface area contributed by atoms with Gasteiger partial charge in [0.1, 0.15) is 11.5 Å². The average Bonchev–Trinajstić information content (AvgIpc) is 2.76. The van der Waals surface area contributed by atoms with E-state index in [1.54, 1.807) is 32.4 Å². The van der Waals surface area contributed by atoms with E-state index in [0.717, 1.165) is 27.8 Å². The number of imide groups is 1. The average molecular weight is 319 g/mol. The van der Waals surface area contributed by atoms with E-state index in [1.165, 1.54) is 6.08 Å². The van der Waals surface area contributed by atoms with Gasteiger partial charge in [-0.3, -0.25) is 14.5 Å². The zero-order valence-corrected chi connectivity index (χ0v) is 13.5. The molecule has 6 heteroatoms. The van der Waals surface area contributed by atoms with Crippen LogP contribution in [-0.4, -0.2) is 36.8 Å². The highest BCUT2D eigenvalue weighted by Crippen LogP contribution is 2.37. The van der Waals surface area contributed by atoms with Crippen molar-refractivity contribution in [1.29, 1.82) is 0 Å². The first-order chi connectivity index (χ1) is 10.5. The van der Waals surface area contributed by atoms with Crippen molar-refractivity contribution in [3.63, 3.8) is 0 Å². The van der Waals surface area contributed by atoms with Gasteiger partial charge < -0.3 is 9.47 Å². The number of benzene rings is 1. The molecule has 0 N–H and O–H groups in total. The van der Waals surface area contributed by atoms with Gasteiger partial charge in [-0.15, -0.1) is 6.58 Å². The van der Waals surface area contributed by atoms with E-state index < -0.39 is 0 Å². The number of nitrogens with zero attached hydrogens (tertiary/aromatic N) is 1. The molecule has 22 heavy (non-hydrogen) atoms. The Hall–Kier alpha value is -2.21. The topological polar surface area (TPSA) is 55.8 Å². The third kappa shape index (κ3) is 2.87. The molecule has 0 radical (unpaired) electrons. The minimum absolute atomic E-state index is 0.209. The number of ether oxygens (including phenoxy) is 2. The molecule has 1 aliphatic heterocycles. The van der Waals surface area contributed by atoms with Gasteiger partial charge >= 0.3 is 0 Å². The van der Waals surface area contributed by atoms with Crippen LogP contribution in [0.1, 0.15) is 11.1 Å². The van der Waals surface area contributed by atoms with E-state index in [2.05, 4.69) is 6.58 Å². The summed E-state index contributed by atoms with van der Waals surface area (Å²) in [7, 11) is 3.14. The molecule has 0 aromatic heterocycles. The van der Waals surface area contributed by atoms with Crippen LogP contribution in [0, 0.1) is 6.92 Å². The Morgan fingerprint density at radius 2 is 2.00 bits per heavy atom. The Balaban J connectivity index is 2.42. The molecule has 2 rings (SSSR count). The SMILES string of the molecule is C=CCN1C(=O)S/C(=C\c2ccc(OC)c(C)c2OC)C1=O. The summed E-state index contributed by atoms with van der Waals surface area (Å²) in [4.78, 5) is 25.6. The zero-order chi connectivity index (χ0) is 16.3. The Bertz CT molecular complexity index is 666. The first-order valence-electron chi connectivity index (χ1n) is 6.61. The summed E-state index contributed by atoms with van der Waals surface area (Å²) in [5, 5.41) is -0.291. The van der Waals surface area contributed by atoms with E-state index >= 15 is 0 Å². The van der Waals surface area contributed by atoms with Crippen molar-refractivity contribution in [2.45, 2.75) is 6.92 Å². The Morgan fingerprint density at radius 3 is 2.59 bits per heavy atom. The van der Waals surface area contributed by atoms with Crippen molar-refractivity contribution in [2.24, 2.45) is 0 Å². The standard InChI is InChI=1S/C16H17NO4S/c1-5-8-17-15(18)13(22-16(17)19)9-11-6-7-12(20-3)10(2)14(11)21-4/h5-7,9H,1,8H2,2-4H3/b13-9-. The van der Waals surface area contributed by atoms with Gasteiger partial charge in [-0.2, -0.15) is 0 Å². The van der Waals surface area contributed by atoms with Crippen molar-refractivity contribution in [3.8, 4) is 11.5 Å². The van der Waals surface area contributed by atoms with Gasteiger partial charge in [0.25, 0.3) is 11.1 Å². The van der Waals surface area contributed by atoms with Crippen LogP contribution in [0.4, 0.5) is 4.79 Å². The zero-order valence-electron chi connectivity index (χ0n) is 12.7. The summed E-state index contributed by atoms with van der Waals surface area (Å²) in [5.41, 5.74) is 1.56. The van der Waals surface area contributed by atoms with Crippen molar-refractivity contribution in [2.75, 3.05) is 20.8 Å². The molecule has 0 bridgehead atoms. The van der Waals surface area contributed by atoms with Gasteiger partial charge in [0.15, 0.2) is 0 Å². The van der Waals surface area contributed by atoms with Crippen LogP contribution in [0.5, 0.6) is 11.5 Å². The van der Waals surface area contributed by atoms with Gasteiger partial charge in [-0.05, 0) is 36.9 Å². The number of methoxy groups -OCH3 is 2. The van der Waals surface area contributed by atoms with E-state index in [0.29, 0.717) is 16.4 Å². The Morgan fingerprint density at radius 1 is 1.27 bits per heavy atom. The highest BCUT2D eigenvalue weighted by molar-refractivity contribution is 8.18. The third-order valence-electron chi connectivity index (χ3n) is 3.28. The van der Waals surface area contributed by atoms with Crippen LogP contribution in [0.3, 0.4) is 0 Å². The predicted octanol–water partition coefficient (Wildman–Crippen LogP) is 3.23. The summed E-state index contributed by atoms with van der Waals surface area (Å²) >= 11 is 0.916. The quantitative estimate of drug-likeness (QED) is 0.616. The maximum absolute atomic E-state index is 12.2. The molecule has 2 amide bonds. The Kier molecular flexibility index (Phi) is 4.92. The number of rotatable bonds is 5. The van der Waals surface area contributed by atoms with Gasteiger partial charge in [-0.25, -0.2) is 0 Å². The minimum atomic E-state index is -0.314. The molecule has 0 unspecified atom stereocenters. The molecule has 5 nitrogen and oxygen atoms in total. The lowest BCUT2D eigenvalue weighted by Crippen LogP contribution is -2.27. The molecule has 1 heterocycles. The summed E-state index contributed by atoms with van der Waals surface area (Å²) in [6, 6.07) is 3.60. The molecular weight excluding hydrogens is 302 g/mol. The second kappa shape index (κ2) is 6.70. The van der Waals surface area contributed by atoms with Crippen molar-refractivity contribution >= 4 is 29.0 Å². The second-order valence-corrected chi connectivity index (χ2v) is 5.59. The number of hydrogen-bond donors (Lipinski definition) is 0. The molecule has 0 spiro atoms. The molecule has 0 saturated carbocycles. The fourth-order valence-electron chi connectivity index (χ4n) is 2.23. The number of hydrogen-bond acceptors (Lipinski definition) is 5. The van der Waals surface area contributed by atoms with Gasteiger partial charge in [0.2, 0.25) is 0 Å². The third-order valence-corrected chi connectivity index (χ3v) is 4.19. The minimum Gasteiger partial charge on any atom is -0.496 e. The molecule has 116 valence electrons. The Labute approximate surface area is 133 Å². The molecule has 0 aliphatic carbocycles. The number of amides is 2. The summed E-state index contributed by atoms with van der Waals surface area (Å²) in [5.74, 6) is 1.01. The van der Waals surface area contributed by atoms with E-state index in [9.17, 15) is 9.59 Å². The van der Waals surface area contributed by atoms with Crippen molar-refractivity contribution in [3.05, 3.63) is 40.8 Å². The second-order valence-electron chi connectivity index (χ2n) is 4.60. The first-order valence-corrected chi connectivity index (χ1v) is 7.43. The molecule has 1 aromatic rings. The number of carbonyl (C=O) groups excluding carboxylic acids is 2. The fourth-order valence-corrected chi connectivity index (χ4v) is 3.07. The lowest BCUT2D eigenvalue weighted by atomic mass is 10.1. The van der Waals surface area contributed by atoms with Crippen molar-refractivity contribution in [1.82, 2.24) is 4.90 Å². The van der Waals surface area contributed by atoms with E-state index in [1.807, 2.05) is 6.92 Å². The van der Waals surface area contributed by atoms with Crippen LogP contribution in [0.25, 0.3) is 6.08 Å². The highest BCUT2D eigenvalue weighted by atomic mass is 32.2. The normalized spacial score (nSPS) is 16.3. The smallest absolute Gasteiger partial charge is 0.293 e. The van der Waals surface area contributed by atoms with E-state index in [-0.39, 0.29) is 17.7 Å². The lowest BCUT2D eigenvalue weighted by molar-refractivity contribution is -0.122. The maximum atomic E-state index is 12.2. The van der Waals surface area contributed by atoms with Crippen LogP contribution in [0.2, 0.25) is 0 Å². The van der Waals surface area contributed by atoms with Gasteiger partial charge in [0.05, 0.1) is 19.1 Å². The summed E-state index contributed by atoms with van der Waals surface area (Å²) in [6.45, 7) is 5.63. The molecule has 1 saturated heterocycles. The predicted molar refractivity (Wildman–Crippen MR) is 87.2 cm³/mol. The maximum Gasteiger partial charge on any atom is 0.293 e. The van der Waals surface area contributed by atoms with Gasteiger partial charge in [-0.1, -0.05) is 6.08 Å². The van der Waals surface area contributed by atoms with E-state index in [4.69, 9.17) is 9.47 Å². The molecule has 1 aliphatic rings. The summed E-state index contributed by atoms with van der Waals surface area (Å²) in [6.07, 6.45) is 3.19. The fraction of sp³-hybridized carbons (Fsp3) is 0.250. The monoisotopic (exact) mass is 319 g/mol. The number of carbonyl (C=O) groups is 2. The van der Waals surface area contributed by atoms with Gasteiger partial charge in [0, 0.05) is 17.7 Å².